The molecule has 0 radical (unpaired) electrons. The van der Waals surface area contributed by atoms with Gasteiger partial charge in [-0.05, 0) is 42.3 Å². The molecule has 0 saturated heterocycles. The van der Waals surface area contributed by atoms with Crippen LogP contribution in [-0.4, -0.2) is 0 Å². The molecule has 0 aliphatic rings. The fraction of sp³-hybridized carbons (Fsp3) is 0.200. The fourth-order valence-electron chi connectivity index (χ4n) is 1.79. The van der Waals surface area contributed by atoms with Crippen LogP contribution in [0.15, 0.2) is 46.9 Å². The summed E-state index contributed by atoms with van der Waals surface area (Å²) >= 11 is 3.39. The average Bonchev–Trinajstić information content (AvgIpc) is 2.39. The third-order valence-corrected chi connectivity index (χ3v) is 3.46. The Morgan fingerprint density at radius 1 is 1.05 bits per heavy atom. The van der Waals surface area contributed by atoms with Gasteiger partial charge in [-0.25, -0.2) is 0 Å². The molecule has 0 amide bonds. The summed E-state index contributed by atoms with van der Waals surface area (Å²) < 4.78 is 38.3. The molecule has 2 aromatic rings. The van der Waals surface area contributed by atoms with E-state index in [2.05, 4.69) is 21.2 Å². The molecule has 0 saturated carbocycles. The Morgan fingerprint density at radius 3 is 2.30 bits per heavy atom. The van der Waals surface area contributed by atoms with Crippen molar-refractivity contribution < 1.29 is 13.2 Å². The van der Waals surface area contributed by atoms with E-state index in [0.29, 0.717) is 6.54 Å². The van der Waals surface area contributed by atoms with Crippen LogP contribution < -0.4 is 5.32 Å². The molecule has 1 N–H and O–H groups in total. The molecule has 2 aromatic carbocycles. The monoisotopic (exact) mass is 343 g/mol. The summed E-state index contributed by atoms with van der Waals surface area (Å²) in [5.74, 6) is 0. The number of aryl methyl sites for hydroxylation is 1. The third kappa shape index (κ3) is 3.76. The number of rotatable bonds is 3. The SMILES string of the molecule is Cc1ccc(Br)cc1NCc1ccc(C(F)(F)F)cc1. The number of nitrogens with one attached hydrogen (secondary N) is 1. The number of hydrogen-bond donors (Lipinski definition) is 1. The third-order valence-electron chi connectivity index (χ3n) is 2.96. The molecule has 2 rings (SSSR count). The van der Waals surface area contributed by atoms with Crippen molar-refractivity contribution in [3.05, 3.63) is 63.6 Å². The Hall–Kier alpha value is -1.49. The summed E-state index contributed by atoms with van der Waals surface area (Å²) in [7, 11) is 0. The van der Waals surface area contributed by atoms with E-state index >= 15 is 0 Å². The smallest absolute Gasteiger partial charge is 0.381 e. The van der Waals surface area contributed by atoms with Crippen molar-refractivity contribution >= 4 is 21.6 Å². The van der Waals surface area contributed by atoms with Gasteiger partial charge in [-0.15, -0.1) is 0 Å². The summed E-state index contributed by atoms with van der Waals surface area (Å²) in [5.41, 5.74) is 2.22. The molecule has 0 atom stereocenters. The van der Waals surface area contributed by atoms with Gasteiger partial charge in [-0.1, -0.05) is 34.1 Å². The summed E-state index contributed by atoms with van der Waals surface area (Å²) in [6.07, 6.45) is -4.28. The van der Waals surface area contributed by atoms with Crippen molar-refractivity contribution in [1.29, 1.82) is 0 Å². The number of halogens is 4. The van der Waals surface area contributed by atoms with Gasteiger partial charge in [0.15, 0.2) is 0 Å². The van der Waals surface area contributed by atoms with Gasteiger partial charge in [0.2, 0.25) is 0 Å². The van der Waals surface area contributed by atoms with E-state index in [1.54, 1.807) is 0 Å². The Kier molecular flexibility index (Phi) is 4.38. The molecule has 0 spiro atoms. The Balaban J connectivity index is 2.06. The van der Waals surface area contributed by atoms with Crippen LogP contribution in [0.4, 0.5) is 18.9 Å². The van der Waals surface area contributed by atoms with Crippen molar-refractivity contribution in [3.8, 4) is 0 Å². The number of alkyl halides is 3. The van der Waals surface area contributed by atoms with Crippen molar-refractivity contribution in [2.45, 2.75) is 19.6 Å². The van der Waals surface area contributed by atoms with Gasteiger partial charge in [-0.2, -0.15) is 13.2 Å². The van der Waals surface area contributed by atoms with Gasteiger partial charge in [0, 0.05) is 16.7 Å². The van der Waals surface area contributed by atoms with E-state index in [1.807, 2.05) is 25.1 Å². The zero-order valence-electron chi connectivity index (χ0n) is 10.8. The second-order valence-corrected chi connectivity index (χ2v) is 5.42. The lowest BCUT2D eigenvalue weighted by Crippen LogP contribution is -2.06. The van der Waals surface area contributed by atoms with Crippen LogP contribution in [0.5, 0.6) is 0 Å². The molecular weight excluding hydrogens is 331 g/mol. The van der Waals surface area contributed by atoms with Crippen LogP contribution in [-0.2, 0) is 12.7 Å². The molecular formula is C15H13BrF3N. The first kappa shape index (κ1) is 14.9. The minimum absolute atomic E-state index is 0.482. The molecule has 1 nitrogen and oxygen atoms in total. The Morgan fingerprint density at radius 2 is 1.70 bits per heavy atom. The fourth-order valence-corrected chi connectivity index (χ4v) is 2.15. The summed E-state index contributed by atoms with van der Waals surface area (Å²) in [6.45, 7) is 2.46. The summed E-state index contributed by atoms with van der Waals surface area (Å²) in [4.78, 5) is 0. The maximum Gasteiger partial charge on any atom is 0.416 e. The molecule has 20 heavy (non-hydrogen) atoms. The van der Waals surface area contributed by atoms with Crippen molar-refractivity contribution in [1.82, 2.24) is 0 Å². The van der Waals surface area contributed by atoms with Crippen LogP contribution in [0, 0.1) is 6.92 Å². The minimum Gasteiger partial charge on any atom is -0.381 e. The second-order valence-electron chi connectivity index (χ2n) is 4.51. The van der Waals surface area contributed by atoms with Crippen molar-refractivity contribution in [2.24, 2.45) is 0 Å². The molecule has 5 heteroatoms. The van der Waals surface area contributed by atoms with Crippen LogP contribution in [0.1, 0.15) is 16.7 Å². The molecule has 0 fully saturated rings. The van der Waals surface area contributed by atoms with Gasteiger partial charge in [0.1, 0.15) is 0 Å². The lowest BCUT2D eigenvalue weighted by Gasteiger charge is -2.11. The minimum atomic E-state index is -4.28. The van der Waals surface area contributed by atoms with Gasteiger partial charge in [0.05, 0.1) is 5.56 Å². The molecule has 0 aliphatic heterocycles. The second kappa shape index (κ2) is 5.87. The van der Waals surface area contributed by atoms with Crippen molar-refractivity contribution in [2.75, 3.05) is 5.32 Å². The highest BCUT2D eigenvalue weighted by Gasteiger charge is 2.29. The number of anilines is 1. The number of benzene rings is 2. The summed E-state index contributed by atoms with van der Waals surface area (Å²) in [5, 5.41) is 3.22. The van der Waals surface area contributed by atoms with Crippen LogP contribution in [0.2, 0.25) is 0 Å². The largest absolute Gasteiger partial charge is 0.416 e. The lowest BCUT2D eigenvalue weighted by molar-refractivity contribution is -0.137. The molecule has 0 unspecified atom stereocenters. The van der Waals surface area contributed by atoms with Crippen LogP contribution >= 0.6 is 15.9 Å². The molecule has 0 bridgehead atoms. The highest BCUT2D eigenvalue weighted by Crippen LogP contribution is 2.29. The van der Waals surface area contributed by atoms with Gasteiger partial charge >= 0.3 is 6.18 Å². The maximum atomic E-state index is 12.4. The quantitative estimate of drug-likeness (QED) is 0.787. The van der Waals surface area contributed by atoms with E-state index in [1.165, 1.54) is 12.1 Å². The van der Waals surface area contributed by atoms with Crippen molar-refractivity contribution in [3.63, 3.8) is 0 Å². The van der Waals surface area contributed by atoms with E-state index < -0.39 is 11.7 Å². The van der Waals surface area contributed by atoms with E-state index in [0.717, 1.165) is 33.4 Å². The lowest BCUT2D eigenvalue weighted by atomic mass is 10.1. The first-order valence-corrected chi connectivity index (χ1v) is 6.82. The van der Waals surface area contributed by atoms with Crippen LogP contribution in [0.3, 0.4) is 0 Å². The highest BCUT2D eigenvalue weighted by molar-refractivity contribution is 9.10. The standard InChI is InChI=1S/C15H13BrF3N/c1-10-2-7-13(16)8-14(10)20-9-11-3-5-12(6-4-11)15(17,18)19/h2-8,20H,9H2,1H3. The number of hydrogen-bond acceptors (Lipinski definition) is 1. The normalized spacial score (nSPS) is 11.4. The molecule has 0 aromatic heterocycles. The van der Waals surface area contributed by atoms with E-state index in [4.69, 9.17) is 0 Å². The average molecular weight is 344 g/mol. The Labute approximate surface area is 123 Å². The zero-order valence-corrected chi connectivity index (χ0v) is 12.3. The predicted octanol–water partition coefficient (Wildman–Crippen LogP) is 5.39. The summed E-state index contributed by atoms with van der Waals surface area (Å²) in [6, 6.07) is 11.0. The maximum absolute atomic E-state index is 12.4. The first-order valence-electron chi connectivity index (χ1n) is 6.02. The van der Waals surface area contributed by atoms with Gasteiger partial charge in [0.25, 0.3) is 0 Å². The molecule has 0 heterocycles. The van der Waals surface area contributed by atoms with Crippen LogP contribution in [0.25, 0.3) is 0 Å². The van der Waals surface area contributed by atoms with E-state index in [9.17, 15) is 13.2 Å². The van der Waals surface area contributed by atoms with Gasteiger partial charge < -0.3 is 5.32 Å². The molecule has 0 aliphatic carbocycles. The van der Waals surface area contributed by atoms with Gasteiger partial charge in [-0.3, -0.25) is 0 Å². The molecule has 106 valence electrons. The highest BCUT2D eigenvalue weighted by atomic mass is 79.9. The first-order chi connectivity index (χ1) is 9.36. The topological polar surface area (TPSA) is 12.0 Å². The van der Waals surface area contributed by atoms with E-state index in [-0.39, 0.29) is 0 Å². The Bertz CT molecular complexity index is 591. The zero-order chi connectivity index (χ0) is 14.8. The predicted molar refractivity (Wildman–Crippen MR) is 77.6 cm³/mol.